The van der Waals surface area contributed by atoms with Crippen LogP contribution in [-0.4, -0.2) is 37.3 Å². The molecule has 174 valence electrons. The Kier molecular flexibility index (Phi) is 7.65. The number of anilines is 2. The minimum absolute atomic E-state index is 0.00630. The summed E-state index contributed by atoms with van der Waals surface area (Å²) in [6, 6.07) is 15.3. The summed E-state index contributed by atoms with van der Waals surface area (Å²) in [5.41, 5.74) is 2.29. The summed E-state index contributed by atoms with van der Waals surface area (Å²) in [5, 5.41) is 16.7. The molecule has 0 saturated heterocycles. The van der Waals surface area contributed by atoms with Crippen LogP contribution >= 0.6 is 23.1 Å². The second-order valence-electron chi connectivity index (χ2n) is 7.12. The smallest absolute Gasteiger partial charge is 0.236 e. The molecule has 4 aromatic rings. The molecule has 2 heterocycles. The Morgan fingerprint density at radius 2 is 1.79 bits per heavy atom. The van der Waals surface area contributed by atoms with Gasteiger partial charge in [-0.05, 0) is 31.2 Å². The van der Waals surface area contributed by atoms with Crippen LogP contribution in [0.25, 0.3) is 11.3 Å². The third kappa shape index (κ3) is 6.06. The highest BCUT2D eigenvalue weighted by Gasteiger charge is 2.17. The molecule has 8 nitrogen and oxygen atoms in total. The van der Waals surface area contributed by atoms with E-state index >= 15 is 0 Å². The summed E-state index contributed by atoms with van der Waals surface area (Å²) in [4.78, 5) is 29.2. The van der Waals surface area contributed by atoms with Gasteiger partial charge in [-0.15, -0.1) is 21.5 Å². The molecule has 0 radical (unpaired) electrons. The normalized spacial score (nSPS) is 10.8. The van der Waals surface area contributed by atoms with E-state index in [4.69, 9.17) is 0 Å². The molecular formula is C23H21FN6O2S2. The van der Waals surface area contributed by atoms with Crippen LogP contribution in [0.4, 0.5) is 15.2 Å². The van der Waals surface area contributed by atoms with Crippen molar-refractivity contribution in [3.8, 4) is 11.3 Å². The molecule has 0 aliphatic carbocycles. The van der Waals surface area contributed by atoms with Crippen molar-refractivity contribution in [2.75, 3.05) is 16.4 Å². The number of carbonyl (C=O) groups is 2. The predicted octanol–water partition coefficient (Wildman–Crippen LogP) is 4.47. The number of benzene rings is 2. The molecule has 4 rings (SSSR count). The lowest BCUT2D eigenvalue weighted by Gasteiger charge is -2.08. The van der Waals surface area contributed by atoms with Crippen LogP contribution < -0.4 is 10.6 Å². The van der Waals surface area contributed by atoms with Crippen molar-refractivity contribution in [3.05, 3.63) is 71.6 Å². The van der Waals surface area contributed by atoms with Gasteiger partial charge in [-0.1, -0.05) is 42.1 Å². The summed E-state index contributed by atoms with van der Waals surface area (Å²) in [6.07, 6.45) is 0.00630. The maximum Gasteiger partial charge on any atom is 0.236 e. The summed E-state index contributed by atoms with van der Waals surface area (Å²) in [5.74, 6) is -0.264. The third-order valence-corrected chi connectivity index (χ3v) is 6.43. The van der Waals surface area contributed by atoms with Gasteiger partial charge in [0, 0.05) is 23.2 Å². The van der Waals surface area contributed by atoms with Crippen molar-refractivity contribution in [1.29, 1.82) is 0 Å². The Morgan fingerprint density at radius 3 is 2.53 bits per heavy atom. The number of thiazole rings is 1. The zero-order valence-corrected chi connectivity index (χ0v) is 19.8. The number of thioether (sulfide) groups is 1. The SMILES string of the molecule is CCn1c(CC(=O)Nc2ccc(F)cc2)nnc1SCC(=O)Nc1nc(-c2ccccc2)cs1. The van der Waals surface area contributed by atoms with Gasteiger partial charge in [0.25, 0.3) is 0 Å². The summed E-state index contributed by atoms with van der Waals surface area (Å²) in [6.45, 7) is 2.46. The lowest BCUT2D eigenvalue weighted by molar-refractivity contribution is -0.116. The molecule has 2 N–H and O–H groups in total. The molecule has 0 bridgehead atoms. The van der Waals surface area contributed by atoms with Crippen LogP contribution in [-0.2, 0) is 22.6 Å². The lowest BCUT2D eigenvalue weighted by Crippen LogP contribution is -2.18. The van der Waals surface area contributed by atoms with E-state index < -0.39 is 0 Å². The fourth-order valence-electron chi connectivity index (χ4n) is 3.11. The molecule has 0 fully saturated rings. The van der Waals surface area contributed by atoms with Crippen LogP contribution in [0.3, 0.4) is 0 Å². The highest BCUT2D eigenvalue weighted by molar-refractivity contribution is 7.99. The quantitative estimate of drug-likeness (QED) is 0.332. The molecule has 2 aromatic carbocycles. The standard InChI is InChI=1S/C23H21FN6O2S2/c1-2-30-19(12-20(31)25-17-10-8-16(24)9-11-17)28-29-23(30)34-14-21(32)27-22-26-18(13-33-22)15-6-4-3-5-7-15/h3-11,13H,2,12,14H2,1H3,(H,25,31)(H,26,27,32). The Labute approximate surface area is 203 Å². The molecule has 0 saturated carbocycles. The van der Waals surface area contributed by atoms with Crippen molar-refractivity contribution in [2.45, 2.75) is 25.0 Å². The molecule has 2 amide bonds. The highest BCUT2D eigenvalue weighted by Crippen LogP contribution is 2.25. The van der Waals surface area contributed by atoms with Crippen LogP contribution in [0.1, 0.15) is 12.7 Å². The van der Waals surface area contributed by atoms with Gasteiger partial charge in [-0.25, -0.2) is 9.37 Å². The van der Waals surface area contributed by atoms with Gasteiger partial charge in [0.05, 0.1) is 17.9 Å². The molecule has 0 unspecified atom stereocenters. The molecule has 11 heteroatoms. The van der Waals surface area contributed by atoms with E-state index in [0.29, 0.717) is 28.3 Å². The first-order valence-corrected chi connectivity index (χ1v) is 12.3. The monoisotopic (exact) mass is 496 g/mol. The van der Waals surface area contributed by atoms with Crippen molar-refractivity contribution < 1.29 is 14.0 Å². The van der Waals surface area contributed by atoms with Crippen molar-refractivity contribution in [3.63, 3.8) is 0 Å². The average molecular weight is 497 g/mol. The Bertz CT molecular complexity index is 1270. The Hall–Kier alpha value is -3.57. The highest BCUT2D eigenvalue weighted by atomic mass is 32.2. The van der Waals surface area contributed by atoms with Gasteiger partial charge >= 0.3 is 0 Å². The maximum atomic E-state index is 13.0. The van der Waals surface area contributed by atoms with Crippen molar-refractivity contribution >= 4 is 45.7 Å². The Balaban J connectivity index is 1.32. The number of hydrogen-bond donors (Lipinski definition) is 2. The first-order chi connectivity index (χ1) is 16.5. The number of nitrogens with one attached hydrogen (secondary N) is 2. The lowest BCUT2D eigenvalue weighted by atomic mass is 10.2. The zero-order valence-electron chi connectivity index (χ0n) is 18.2. The van der Waals surface area contributed by atoms with E-state index in [1.165, 1.54) is 47.4 Å². The number of amides is 2. The minimum atomic E-state index is -0.374. The maximum absolute atomic E-state index is 13.0. The van der Waals surface area contributed by atoms with E-state index in [2.05, 4.69) is 25.8 Å². The molecule has 2 aromatic heterocycles. The predicted molar refractivity (Wildman–Crippen MR) is 131 cm³/mol. The minimum Gasteiger partial charge on any atom is -0.326 e. The van der Waals surface area contributed by atoms with Crippen LogP contribution in [0.15, 0.2) is 65.1 Å². The fourth-order valence-corrected chi connectivity index (χ4v) is 4.67. The second kappa shape index (κ2) is 11.0. The molecule has 0 spiro atoms. The van der Waals surface area contributed by atoms with Gasteiger partial charge in [0.2, 0.25) is 11.8 Å². The number of rotatable bonds is 9. The molecule has 0 aliphatic heterocycles. The van der Waals surface area contributed by atoms with E-state index in [9.17, 15) is 14.0 Å². The van der Waals surface area contributed by atoms with E-state index in [-0.39, 0.29) is 29.8 Å². The molecule has 0 atom stereocenters. The van der Waals surface area contributed by atoms with Crippen molar-refractivity contribution in [2.24, 2.45) is 0 Å². The topological polar surface area (TPSA) is 102 Å². The number of nitrogens with zero attached hydrogens (tertiary/aromatic N) is 4. The van der Waals surface area contributed by atoms with Crippen LogP contribution in [0.5, 0.6) is 0 Å². The molecular weight excluding hydrogens is 475 g/mol. The van der Waals surface area contributed by atoms with Crippen LogP contribution in [0.2, 0.25) is 0 Å². The third-order valence-electron chi connectivity index (χ3n) is 4.71. The van der Waals surface area contributed by atoms with Crippen LogP contribution in [0, 0.1) is 5.82 Å². The van der Waals surface area contributed by atoms with Gasteiger partial charge < -0.3 is 15.2 Å². The molecule has 34 heavy (non-hydrogen) atoms. The largest absolute Gasteiger partial charge is 0.326 e. The fraction of sp³-hybridized carbons (Fsp3) is 0.174. The van der Waals surface area contributed by atoms with Gasteiger partial charge in [-0.2, -0.15) is 0 Å². The summed E-state index contributed by atoms with van der Waals surface area (Å²) in [7, 11) is 0. The van der Waals surface area contributed by atoms with E-state index in [1.807, 2.05) is 42.6 Å². The number of hydrogen-bond acceptors (Lipinski definition) is 7. The first-order valence-electron chi connectivity index (χ1n) is 10.4. The summed E-state index contributed by atoms with van der Waals surface area (Å²) >= 11 is 2.60. The molecule has 0 aliphatic rings. The van der Waals surface area contributed by atoms with Crippen molar-refractivity contribution in [1.82, 2.24) is 19.7 Å². The number of carbonyl (C=O) groups excluding carboxylic acids is 2. The van der Waals surface area contributed by atoms with Gasteiger partial charge in [0.15, 0.2) is 10.3 Å². The average Bonchev–Trinajstić information content (AvgIpc) is 3.46. The van der Waals surface area contributed by atoms with E-state index in [0.717, 1.165) is 11.3 Å². The van der Waals surface area contributed by atoms with Gasteiger partial charge in [0.1, 0.15) is 11.6 Å². The number of halogens is 1. The summed E-state index contributed by atoms with van der Waals surface area (Å²) < 4.78 is 14.8. The zero-order chi connectivity index (χ0) is 23.9. The number of aromatic nitrogens is 4. The first kappa shape index (κ1) is 23.6. The van der Waals surface area contributed by atoms with E-state index in [1.54, 1.807) is 4.57 Å². The Morgan fingerprint density at radius 1 is 1.03 bits per heavy atom. The van der Waals surface area contributed by atoms with Gasteiger partial charge in [-0.3, -0.25) is 9.59 Å². The second-order valence-corrected chi connectivity index (χ2v) is 8.92.